The Balaban J connectivity index is 1.86. The molecule has 140 valence electrons. The van der Waals surface area contributed by atoms with E-state index in [1.807, 2.05) is 19.0 Å². The Kier molecular flexibility index (Phi) is 5.46. The summed E-state index contributed by atoms with van der Waals surface area (Å²) < 4.78 is 14.6. The summed E-state index contributed by atoms with van der Waals surface area (Å²) in [6.07, 6.45) is 1.68. The molecule has 3 aromatic rings. The highest BCUT2D eigenvalue weighted by Crippen LogP contribution is 2.16. The summed E-state index contributed by atoms with van der Waals surface area (Å²) in [5.74, 6) is -1.10. The quantitative estimate of drug-likeness (QED) is 0.697. The van der Waals surface area contributed by atoms with Gasteiger partial charge in [-0.1, -0.05) is 6.07 Å². The fourth-order valence-corrected chi connectivity index (χ4v) is 2.56. The Labute approximate surface area is 155 Å². The van der Waals surface area contributed by atoms with Gasteiger partial charge in [-0.15, -0.1) is 0 Å². The third kappa shape index (κ3) is 4.29. The van der Waals surface area contributed by atoms with E-state index in [-0.39, 0.29) is 17.4 Å². The maximum absolute atomic E-state index is 13.0. The fraction of sp³-hybridized carbons (Fsp3) is 0.211. The van der Waals surface area contributed by atoms with Crippen molar-refractivity contribution in [3.63, 3.8) is 0 Å². The third-order valence-electron chi connectivity index (χ3n) is 3.91. The van der Waals surface area contributed by atoms with Gasteiger partial charge in [-0.05, 0) is 50.5 Å². The minimum atomic E-state index is -0.474. The average Bonchev–Trinajstić information content (AvgIpc) is 3.03. The zero-order valence-corrected chi connectivity index (χ0v) is 15.1. The molecule has 27 heavy (non-hydrogen) atoms. The number of hydrogen-bond donors (Lipinski definition) is 2. The number of pyridine rings is 1. The highest BCUT2D eigenvalue weighted by molar-refractivity contribution is 6.08. The van der Waals surface area contributed by atoms with Crippen LogP contribution in [0.15, 0.2) is 48.7 Å². The number of carbonyl (C=O) groups is 2. The van der Waals surface area contributed by atoms with Crippen LogP contribution in [0.5, 0.6) is 0 Å². The highest BCUT2D eigenvalue weighted by Gasteiger charge is 2.21. The Morgan fingerprint density at radius 2 is 1.85 bits per heavy atom. The van der Waals surface area contributed by atoms with Gasteiger partial charge in [-0.2, -0.15) is 0 Å². The van der Waals surface area contributed by atoms with Crippen LogP contribution in [0.3, 0.4) is 0 Å². The number of carbonyl (C=O) groups excluding carboxylic acids is 2. The standard InChI is InChI=1S/C19H20FN5O2/c1-24(2)12-10-21-19(27)17-23-16(15-5-3-4-11-25(15)17)18(26)22-14-8-6-13(20)7-9-14/h3-9,11H,10,12H2,1-2H3,(H,21,27)(H,22,26). The second kappa shape index (κ2) is 7.96. The number of anilines is 1. The van der Waals surface area contributed by atoms with E-state index >= 15 is 0 Å². The average molecular weight is 369 g/mol. The lowest BCUT2D eigenvalue weighted by molar-refractivity contribution is 0.0940. The molecule has 1 aromatic carbocycles. The number of rotatable bonds is 6. The van der Waals surface area contributed by atoms with Crippen molar-refractivity contribution in [1.82, 2.24) is 19.6 Å². The van der Waals surface area contributed by atoms with Crippen molar-refractivity contribution in [2.24, 2.45) is 0 Å². The Morgan fingerprint density at radius 1 is 1.11 bits per heavy atom. The van der Waals surface area contributed by atoms with Crippen LogP contribution < -0.4 is 10.6 Å². The van der Waals surface area contributed by atoms with E-state index in [1.165, 1.54) is 24.3 Å². The van der Waals surface area contributed by atoms with Crippen molar-refractivity contribution in [3.8, 4) is 0 Å². The summed E-state index contributed by atoms with van der Waals surface area (Å²) in [6, 6.07) is 10.7. The molecule has 0 saturated heterocycles. The molecule has 3 rings (SSSR count). The summed E-state index contributed by atoms with van der Waals surface area (Å²) in [6.45, 7) is 1.15. The predicted molar refractivity (Wildman–Crippen MR) is 100 cm³/mol. The lowest BCUT2D eigenvalue weighted by Crippen LogP contribution is -2.32. The zero-order valence-electron chi connectivity index (χ0n) is 15.1. The van der Waals surface area contributed by atoms with Crippen LogP contribution in [-0.4, -0.2) is 53.3 Å². The monoisotopic (exact) mass is 369 g/mol. The van der Waals surface area contributed by atoms with Gasteiger partial charge in [0.1, 0.15) is 5.82 Å². The first-order valence-corrected chi connectivity index (χ1v) is 8.42. The van der Waals surface area contributed by atoms with Crippen molar-refractivity contribution in [3.05, 3.63) is 66.0 Å². The van der Waals surface area contributed by atoms with E-state index < -0.39 is 11.7 Å². The number of nitrogens with one attached hydrogen (secondary N) is 2. The van der Waals surface area contributed by atoms with E-state index in [1.54, 1.807) is 28.8 Å². The summed E-state index contributed by atoms with van der Waals surface area (Å²) >= 11 is 0. The number of likely N-dealkylation sites (N-methyl/N-ethyl adjacent to an activating group) is 1. The second-order valence-corrected chi connectivity index (χ2v) is 6.26. The normalized spacial score (nSPS) is 11.0. The first-order valence-electron chi connectivity index (χ1n) is 8.42. The van der Waals surface area contributed by atoms with Crippen molar-refractivity contribution in [1.29, 1.82) is 0 Å². The zero-order chi connectivity index (χ0) is 19.4. The van der Waals surface area contributed by atoms with Crippen LogP contribution in [0.4, 0.5) is 10.1 Å². The molecule has 7 nitrogen and oxygen atoms in total. The molecule has 0 saturated carbocycles. The third-order valence-corrected chi connectivity index (χ3v) is 3.91. The molecule has 0 spiro atoms. The molecule has 0 fully saturated rings. The van der Waals surface area contributed by atoms with Gasteiger partial charge >= 0.3 is 0 Å². The Morgan fingerprint density at radius 3 is 2.56 bits per heavy atom. The van der Waals surface area contributed by atoms with Crippen LogP contribution in [0.25, 0.3) is 5.52 Å². The highest BCUT2D eigenvalue weighted by atomic mass is 19.1. The summed E-state index contributed by atoms with van der Waals surface area (Å²) in [5, 5.41) is 5.46. The minimum absolute atomic E-state index is 0.123. The van der Waals surface area contributed by atoms with Crippen LogP contribution in [-0.2, 0) is 0 Å². The molecule has 2 amide bonds. The van der Waals surface area contributed by atoms with Gasteiger partial charge in [0, 0.05) is 25.0 Å². The van der Waals surface area contributed by atoms with E-state index in [9.17, 15) is 14.0 Å². The van der Waals surface area contributed by atoms with Crippen molar-refractivity contribution in [2.75, 3.05) is 32.5 Å². The molecule has 0 bridgehead atoms. The lowest BCUT2D eigenvalue weighted by Gasteiger charge is -2.09. The number of halogens is 1. The molecule has 0 aliphatic rings. The van der Waals surface area contributed by atoms with Gasteiger partial charge in [0.2, 0.25) is 5.82 Å². The smallest absolute Gasteiger partial charge is 0.287 e. The first-order chi connectivity index (χ1) is 13.0. The van der Waals surface area contributed by atoms with Crippen LogP contribution in [0.1, 0.15) is 21.1 Å². The Bertz CT molecular complexity index is 966. The van der Waals surface area contributed by atoms with E-state index in [4.69, 9.17) is 0 Å². The van der Waals surface area contributed by atoms with Crippen molar-refractivity contribution in [2.45, 2.75) is 0 Å². The summed E-state index contributed by atoms with van der Waals surface area (Å²) in [7, 11) is 3.82. The number of amides is 2. The Hall–Kier alpha value is -3.26. The predicted octanol–water partition coefficient (Wildman–Crippen LogP) is 2.02. The van der Waals surface area contributed by atoms with E-state index in [2.05, 4.69) is 15.6 Å². The van der Waals surface area contributed by atoms with Gasteiger partial charge in [0.05, 0.1) is 5.52 Å². The maximum Gasteiger partial charge on any atom is 0.287 e. The molecule has 0 unspecified atom stereocenters. The van der Waals surface area contributed by atoms with Gasteiger partial charge in [0.15, 0.2) is 5.69 Å². The molecular weight excluding hydrogens is 349 g/mol. The molecule has 0 radical (unpaired) electrons. The fourth-order valence-electron chi connectivity index (χ4n) is 2.56. The minimum Gasteiger partial charge on any atom is -0.348 e. The van der Waals surface area contributed by atoms with E-state index in [0.717, 1.165) is 0 Å². The first kappa shape index (κ1) is 18.5. The number of nitrogens with zero attached hydrogens (tertiary/aromatic N) is 3. The number of fused-ring (bicyclic) bond motifs is 1. The van der Waals surface area contributed by atoms with Crippen molar-refractivity contribution < 1.29 is 14.0 Å². The number of benzene rings is 1. The number of hydrogen-bond acceptors (Lipinski definition) is 4. The summed E-state index contributed by atoms with van der Waals surface area (Å²) in [5.41, 5.74) is 1.07. The number of imidazole rings is 1. The molecule has 0 aliphatic carbocycles. The van der Waals surface area contributed by atoms with Crippen LogP contribution in [0.2, 0.25) is 0 Å². The maximum atomic E-state index is 13.0. The van der Waals surface area contributed by atoms with Gasteiger partial charge < -0.3 is 15.5 Å². The van der Waals surface area contributed by atoms with Gasteiger partial charge in [-0.25, -0.2) is 9.37 Å². The molecule has 2 N–H and O–H groups in total. The largest absolute Gasteiger partial charge is 0.348 e. The SMILES string of the molecule is CN(C)CCNC(=O)c1nc(C(=O)Nc2ccc(F)cc2)c2ccccn12. The molecule has 0 atom stereocenters. The topological polar surface area (TPSA) is 78.7 Å². The molecule has 0 aliphatic heterocycles. The number of aromatic nitrogens is 2. The lowest BCUT2D eigenvalue weighted by atomic mass is 10.2. The molecule has 8 heteroatoms. The van der Waals surface area contributed by atoms with Crippen molar-refractivity contribution >= 4 is 23.0 Å². The van der Waals surface area contributed by atoms with Crippen LogP contribution in [0, 0.1) is 5.82 Å². The molecular formula is C19H20FN5O2. The van der Waals surface area contributed by atoms with E-state index in [0.29, 0.717) is 24.3 Å². The van der Waals surface area contributed by atoms with Gasteiger partial charge in [-0.3, -0.25) is 14.0 Å². The second-order valence-electron chi connectivity index (χ2n) is 6.26. The molecule has 2 heterocycles. The van der Waals surface area contributed by atoms with Crippen LogP contribution >= 0.6 is 0 Å². The van der Waals surface area contributed by atoms with Gasteiger partial charge in [0.25, 0.3) is 11.8 Å². The summed E-state index contributed by atoms with van der Waals surface area (Å²) in [4.78, 5) is 31.3. The molecule has 2 aromatic heterocycles.